The smallest absolute Gasteiger partial charge is 0.335 e. The molecule has 0 aliphatic carbocycles. The van der Waals surface area contributed by atoms with Crippen LogP contribution in [0, 0.1) is 13.8 Å². The largest absolute Gasteiger partial charge is 0.507 e. The molecule has 0 saturated carbocycles. The van der Waals surface area contributed by atoms with E-state index in [2.05, 4.69) is 21.2 Å². The number of rotatable bonds is 2. The van der Waals surface area contributed by atoms with E-state index in [9.17, 15) is 19.5 Å². The van der Waals surface area contributed by atoms with Crippen molar-refractivity contribution in [3.05, 3.63) is 63.1 Å². The summed E-state index contributed by atoms with van der Waals surface area (Å²) in [4.78, 5) is 38.2. The molecule has 1 aliphatic rings. The van der Waals surface area contributed by atoms with Gasteiger partial charge in [0.1, 0.15) is 11.3 Å². The molecule has 0 unspecified atom stereocenters. The zero-order chi connectivity index (χ0) is 19.0. The van der Waals surface area contributed by atoms with E-state index in [1.807, 2.05) is 13.0 Å². The summed E-state index contributed by atoms with van der Waals surface area (Å²) in [6.45, 7) is 3.68. The van der Waals surface area contributed by atoms with Crippen LogP contribution in [0.5, 0.6) is 5.75 Å². The molecule has 1 heterocycles. The number of carbonyl (C=O) groups excluding carboxylic acids is 3. The summed E-state index contributed by atoms with van der Waals surface area (Å²) >= 11 is 3.28. The zero-order valence-corrected chi connectivity index (χ0v) is 15.6. The lowest BCUT2D eigenvalue weighted by Crippen LogP contribution is -2.54. The highest BCUT2D eigenvalue weighted by Gasteiger charge is 2.37. The third-order valence-electron chi connectivity index (χ3n) is 3.98. The molecule has 7 heteroatoms. The Morgan fingerprint density at radius 2 is 1.81 bits per heavy atom. The van der Waals surface area contributed by atoms with E-state index >= 15 is 0 Å². The number of phenols is 1. The van der Waals surface area contributed by atoms with Gasteiger partial charge >= 0.3 is 6.03 Å². The number of aromatic hydroxyl groups is 1. The highest BCUT2D eigenvalue weighted by Crippen LogP contribution is 2.28. The number of anilines is 1. The predicted molar refractivity (Wildman–Crippen MR) is 101 cm³/mol. The second-order valence-corrected chi connectivity index (χ2v) is 6.87. The maximum Gasteiger partial charge on any atom is 0.335 e. The van der Waals surface area contributed by atoms with Gasteiger partial charge in [0.2, 0.25) is 0 Å². The summed E-state index contributed by atoms with van der Waals surface area (Å²) in [5, 5.41) is 12.1. The van der Waals surface area contributed by atoms with E-state index in [1.165, 1.54) is 12.1 Å². The van der Waals surface area contributed by atoms with Crippen LogP contribution in [-0.4, -0.2) is 23.0 Å². The molecule has 1 saturated heterocycles. The SMILES string of the molecule is Cc1ccc(N2C(=O)NC(=O)/C(=C\c3cc(Br)ccc3O)C2=O)c(C)c1. The highest BCUT2D eigenvalue weighted by atomic mass is 79.9. The monoisotopic (exact) mass is 414 g/mol. The number of hydrogen-bond donors (Lipinski definition) is 2. The molecule has 6 nitrogen and oxygen atoms in total. The number of imide groups is 2. The Labute approximate surface area is 158 Å². The quantitative estimate of drug-likeness (QED) is 0.581. The second-order valence-electron chi connectivity index (χ2n) is 5.95. The molecule has 1 fully saturated rings. The van der Waals surface area contributed by atoms with Crippen LogP contribution in [0.4, 0.5) is 10.5 Å². The summed E-state index contributed by atoms with van der Waals surface area (Å²) in [5.41, 5.74) is 2.16. The normalized spacial score (nSPS) is 16.2. The number of urea groups is 1. The van der Waals surface area contributed by atoms with Crippen molar-refractivity contribution in [1.82, 2.24) is 5.32 Å². The van der Waals surface area contributed by atoms with Gasteiger partial charge in [-0.15, -0.1) is 0 Å². The van der Waals surface area contributed by atoms with Crippen molar-refractivity contribution in [2.75, 3.05) is 4.90 Å². The number of carbonyl (C=O) groups is 3. The number of amides is 4. The van der Waals surface area contributed by atoms with Crippen molar-refractivity contribution >= 4 is 45.5 Å². The lowest BCUT2D eigenvalue weighted by molar-refractivity contribution is -0.122. The van der Waals surface area contributed by atoms with Crippen molar-refractivity contribution in [2.24, 2.45) is 0 Å². The number of hydrogen-bond acceptors (Lipinski definition) is 4. The minimum atomic E-state index is -0.805. The summed E-state index contributed by atoms with van der Waals surface area (Å²) in [5.74, 6) is -1.64. The Morgan fingerprint density at radius 3 is 2.50 bits per heavy atom. The van der Waals surface area contributed by atoms with E-state index in [1.54, 1.807) is 31.2 Å². The Hall–Kier alpha value is -2.93. The standard InChI is InChI=1S/C19H15BrN2O4/c1-10-3-5-15(11(2)7-10)22-18(25)14(17(24)21-19(22)26)9-12-8-13(20)4-6-16(12)23/h3-9,23H,1-2H3,(H,21,24,26)/b14-9+. The molecule has 0 bridgehead atoms. The number of halogens is 1. The Balaban J connectivity index is 2.08. The molecular weight excluding hydrogens is 400 g/mol. The van der Waals surface area contributed by atoms with Gasteiger partial charge in [-0.3, -0.25) is 14.9 Å². The van der Waals surface area contributed by atoms with Gasteiger partial charge in [0.25, 0.3) is 11.8 Å². The molecule has 132 valence electrons. The van der Waals surface area contributed by atoms with Gasteiger partial charge in [-0.25, -0.2) is 9.69 Å². The number of benzene rings is 2. The second kappa shape index (κ2) is 6.76. The third kappa shape index (κ3) is 3.25. The van der Waals surface area contributed by atoms with E-state index in [0.29, 0.717) is 10.2 Å². The number of nitrogens with zero attached hydrogens (tertiary/aromatic N) is 1. The number of phenolic OH excluding ortho intramolecular Hbond substituents is 1. The van der Waals surface area contributed by atoms with Crippen LogP contribution < -0.4 is 10.2 Å². The lowest BCUT2D eigenvalue weighted by Gasteiger charge is -2.27. The van der Waals surface area contributed by atoms with Crippen LogP contribution in [0.15, 0.2) is 46.4 Å². The summed E-state index contributed by atoms with van der Waals surface area (Å²) in [7, 11) is 0. The van der Waals surface area contributed by atoms with Crippen LogP contribution in [0.1, 0.15) is 16.7 Å². The average molecular weight is 415 g/mol. The van der Waals surface area contributed by atoms with E-state index in [4.69, 9.17) is 0 Å². The fourth-order valence-corrected chi connectivity index (χ4v) is 3.11. The topological polar surface area (TPSA) is 86.7 Å². The van der Waals surface area contributed by atoms with Gasteiger partial charge in [0.15, 0.2) is 0 Å². The fourth-order valence-electron chi connectivity index (χ4n) is 2.73. The summed E-state index contributed by atoms with van der Waals surface area (Å²) in [6, 6.07) is 9.12. The first-order chi connectivity index (χ1) is 12.3. The third-order valence-corrected chi connectivity index (χ3v) is 4.48. The molecule has 2 aromatic carbocycles. The molecule has 0 aromatic heterocycles. The molecule has 26 heavy (non-hydrogen) atoms. The van der Waals surface area contributed by atoms with Crippen LogP contribution in [0.25, 0.3) is 6.08 Å². The molecular formula is C19H15BrN2O4. The minimum absolute atomic E-state index is 0.0868. The van der Waals surface area contributed by atoms with Crippen molar-refractivity contribution in [2.45, 2.75) is 13.8 Å². The first-order valence-electron chi connectivity index (χ1n) is 7.75. The maximum atomic E-state index is 12.9. The van der Waals surface area contributed by atoms with Crippen LogP contribution in [0.3, 0.4) is 0 Å². The van der Waals surface area contributed by atoms with Gasteiger partial charge in [-0.2, -0.15) is 0 Å². The van der Waals surface area contributed by atoms with Crippen LogP contribution in [-0.2, 0) is 9.59 Å². The summed E-state index contributed by atoms with van der Waals surface area (Å²) < 4.78 is 0.674. The lowest BCUT2D eigenvalue weighted by atomic mass is 10.0. The Kier molecular flexibility index (Phi) is 4.65. The number of barbiturate groups is 1. The van der Waals surface area contributed by atoms with Crippen LogP contribution in [0.2, 0.25) is 0 Å². The summed E-state index contributed by atoms with van der Waals surface area (Å²) in [6.07, 6.45) is 1.26. The molecule has 2 aromatic rings. The fraction of sp³-hybridized carbons (Fsp3) is 0.105. The molecule has 3 rings (SSSR count). The Morgan fingerprint density at radius 1 is 1.08 bits per heavy atom. The van der Waals surface area contributed by atoms with E-state index in [-0.39, 0.29) is 16.9 Å². The van der Waals surface area contributed by atoms with Crippen molar-refractivity contribution < 1.29 is 19.5 Å². The number of aryl methyl sites for hydroxylation is 2. The molecule has 2 N–H and O–H groups in total. The van der Waals surface area contributed by atoms with Gasteiger partial charge in [-0.1, -0.05) is 33.6 Å². The molecule has 0 spiro atoms. The van der Waals surface area contributed by atoms with E-state index in [0.717, 1.165) is 16.0 Å². The number of nitrogens with one attached hydrogen (secondary N) is 1. The van der Waals surface area contributed by atoms with Gasteiger partial charge < -0.3 is 5.11 Å². The van der Waals surface area contributed by atoms with Crippen LogP contribution >= 0.6 is 15.9 Å². The highest BCUT2D eigenvalue weighted by molar-refractivity contribution is 9.10. The van der Waals surface area contributed by atoms with Gasteiger partial charge in [0.05, 0.1) is 5.69 Å². The molecule has 1 aliphatic heterocycles. The average Bonchev–Trinajstić information content (AvgIpc) is 2.56. The molecule has 0 radical (unpaired) electrons. The zero-order valence-electron chi connectivity index (χ0n) is 14.0. The maximum absolute atomic E-state index is 12.9. The van der Waals surface area contributed by atoms with Gasteiger partial charge in [0, 0.05) is 10.0 Å². The molecule has 0 atom stereocenters. The van der Waals surface area contributed by atoms with E-state index < -0.39 is 17.8 Å². The van der Waals surface area contributed by atoms with Crippen molar-refractivity contribution in [3.8, 4) is 5.75 Å². The van der Waals surface area contributed by atoms with Crippen molar-refractivity contribution in [3.63, 3.8) is 0 Å². The first kappa shape index (κ1) is 17.9. The van der Waals surface area contributed by atoms with Crippen molar-refractivity contribution in [1.29, 1.82) is 0 Å². The Bertz CT molecular complexity index is 981. The minimum Gasteiger partial charge on any atom is -0.507 e. The molecule has 4 amide bonds. The first-order valence-corrected chi connectivity index (χ1v) is 8.54. The predicted octanol–water partition coefficient (Wildman–Crippen LogP) is 3.44. The van der Waals surface area contributed by atoms with Gasteiger partial charge in [-0.05, 0) is 49.8 Å².